The molecule has 1 aliphatic heterocycles. The van der Waals surface area contributed by atoms with Gasteiger partial charge in [-0.15, -0.1) is 0 Å². The van der Waals surface area contributed by atoms with E-state index in [1.807, 2.05) is 0 Å². The summed E-state index contributed by atoms with van der Waals surface area (Å²) in [6.07, 6.45) is 0. The third-order valence-corrected chi connectivity index (χ3v) is 2.92. The van der Waals surface area contributed by atoms with Gasteiger partial charge in [-0.05, 0) is 6.07 Å². The maximum atomic E-state index is 12.3. The van der Waals surface area contributed by atoms with Gasteiger partial charge in [0.15, 0.2) is 0 Å². The molecule has 7 nitrogen and oxygen atoms in total. The lowest BCUT2D eigenvalue weighted by molar-refractivity contribution is -0.384. The minimum Gasteiger partial charge on any atom is -0.496 e. The van der Waals surface area contributed by atoms with Gasteiger partial charge in [-0.25, -0.2) is 0 Å². The summed E-state index contributed by atoms with van der Waals surface area (Å²) in [4.78, 5) is 24.2. The van der Waals surface area contributed by atoms with E-state index >= 15 is 0 Å². The van der Waals surface area contributed by atoms with Crippen LogP contribution < -0.4 is 4.74 Å². The Balaban J connectivity index is 2.32. The molecule has 0 radical (unpaired) electrons. The Bertz CT molecular complexity index is 497. The Morgan fingerprint density at radius 2 is 2.11 bits per heavy atom. The molecule has 1 aromatic rings. The van der Waals surface area contributed by atoms with Crippen molar-refractivity contribution in [1.29, 1.82) is 0 Å². The Kier molecular flexibility index (Phi) is 3.96. The molecule has 1 amide bonds. The molecule has 0 aromatic heterocycles. The number of nitro benzene ring substituents is 1. The first-order chi connectivity index (χ1) is 9.13. The molecule has 0 spiro atoms. The highest BCUT2D eigenvalue weighted by Crippen LogP contribution is 2.25. The van der Waals surface area contributed by atoms with Crippen LogP contribution in [-0.2, 0) is 4.74 Å². The van der Waals surface area contributed by atoms with Crippen LogP contribution in [0.25, 0.3) is 0 Å². The van der Waals surface area contributed by atoms with E-state index in [1.165, 1.54) is 25.3 Å². The summed E-state index contributed by atoms with van der Waals surface area (Å²) in [5, 5.41) is 10.8. The molecule has 1 saturated heterocycles. The predicted molar refractivity (Wildman–Crippen MR) is 66.4 cm³/mol. The quantitative estimate of drug-likeness (QED) is 0.604. The number of rotatable bonds is 3. The maximum Gasteiger partial charge on any atom is 0.270 e. The molecule has 0 saturated carbocycles. The maximum absolute atomic E-state index is 12.3. The van der Waals surface area contributed by atoms with E-state index in [0.29, 0.717) is 32.1 Å². The van der Waals surface area contributed by atoms with Gasteiger partial charge in [0.2, 0.25) is 0 Å². The van der Waals surface area contributed by atoms with Crippen molar-refractivity contribution in [3.63, 3.8) is 0 Å². The van der Waals surface area contributed by atoms with Crippen LogP contribution in [-0.4, -0.2) is 49.1 Å². The molecule has 1 aliphatic rings. The van der Waals surface area contributed by atoms with Crippen LogP contribution in [0.5, 0.6) is 5.75 Å². The topological polar surface area (TPSA) is 81.9 Å². The number of amides is 1. The molecule has 1 aromatic carbocycles. The number of ether oxygens (including phenoxy) is 2. The average molecular weight is 266 g/mol. The summed E-state index contributed by atoms with van der Waals surface area (Å²) < 4.78 is 10.3. The van der Waals surface area contributed by atoms with Gasteiger partial charge in [0.25, 0.3) is 11.6 Å². The normalized spacial score (nSPS) is 15.1. The molecule has 0 bridgehead atoms. The average Bonchev–Trinajstić information content (AvgIpc) is 2.46. The number of carbonyl (C=O) groups is 1. The monoisotopic (exact) mass is 266 g/mol. The van der Waals surface area contributed by atoms with E-state index in [0.717, 1.165) is 0 Å². The number of carbonyl (C=O) groups excluding carboxylic acids is 1. The van der Waals surface area contributed by atoms with Crippen molar-refractivity contribution in [2.45, 2.75) is 0 Å². The first-order valence-electron chi connectivity index (χ1n) is 5.83. The van der Waals surface area contributed by atoms with E-state index < -0.39 is 4.92 Å². The van der Waals surface area contributed by atoms with Crippen LogP contribution in [0.4, 0.5) is 5.69 Å². The summed E-state index contributed by atoms with van der Waals surface area (Å²) in [5.74, 6) is 0.0611. The van der Waals surface area contributed by atoms with E-state index in [2.05, 4.69) is 0 Å². The number of hydrogen-bond donors (Lipinski definition) is 0. The Hall–Kier alpha value is -2.15. The fourth-order valence-electron chi connectivity index (χ4n) is 1.91. The lowest BCUT2D eigenvalue weighted by Crippen LogP contribution is -2.40. The van der Waals surface area contributed by atoms with E-state index in [1.54, 1.807) is 4.90 Å². The van der Waals surface area contributed by atoms with Crippen LogP contribution >= 0.6 is 0 Å². The summed E-state index contributed by atoms with van der Waals surface area (Å²) in [5.41, 5.74) is 0.0796. The van der Waals surface area contributed by atoms with Crippen molar-refractivity contribution in [2.75, 3.05) is 33.4 Å². The van der Waals surface area contributed by atoms with Gasteiger partial charge in [-0.2, -0.15) is 0 Å². The second-order valence-corrected chi connectivity index (χ2v) is 4.05. The standard InChI is InChI=1S/C12H14N2O5/c1-18-11-3-2-9(14(16)17)8-10(11)12(15)13-4-6-19-7-5-13/h2-3,8H,4-7H2,1H3. The number of non-ortho nitro benzene ring substituents is 1. The molecule has 0 unspecified atom stereocenters. The first kappa shape index (κ1) is 13.3. The zero-order valence-electron chi connectivity index (χ0n) is 10.5. The van der Waals surface area contributed by atoms with Crippen molar-refractivity contribution in [1.82, 2.24) is 4.90 Å². The van der Waals surface area contributed by atoms with Gasteiger partial charge < -0.3 is 14.4 Å². The number of morpholine rings is 1. The summed E-state index contributed by atoms with van der Waals surface area (Å²) in [6, 6.07) is 4.00. The van der Waals surface area contributed by atoms with Crippen LogP contribution in [0.3, 0.4) is 0 Å². The van der Waals surface area contributed by atoms with Gasteiger partial charge in [-0.3, -0.25) is 14.9 Å². The second-order valence-electron chi connectivity index (χ2n) is 4.05. The third-order valence-electron chi connectivity index (χ3n) is 2.92. The Morgan fingerprint density at radius 1 is 1.42 bits per heavy atom. The number of nitro groups is 1. The molecule has 1 fully saturated rings. The Labute approximate surface area is 109 Å². The van der Waals surface area contributed by atoms with Crippen LogP contribution in [0.15, 0.2) is 18.2 Å². The van der Waals surface area contributed by atoms with Gasteiger partial charge in [0, 0.05) is 25.2 Å². The van der Waals surface area contributed by atoms with E-state index in [4.69, 9.17) is 9.47 Å². The molecule has 102 valence electrons. The highest BCUT2D eigenvalue weighted by Gasteiger charge is 2.23. The fourth-order valence-corrected chi connectivity index (χ4v) is 1.91. The zero-order chi connectivity index (χ0) is 13.8. The molecule has 1 heterocycles. The third kappa shape index (κ3) is 2.82. The number of nitrogens with zero attached hydrogens (tertiary/aromatic N) is 2. The number of hydrogen-bond acceptors (Lipinski definition) is 5. The lowest BCUT2D eigenvalue weighted by atomic mass is 10.1. The van der Waals surface area contributed by atoms with Crippen molar-refractivity contribution in [3.8, 4) is 5.75 Å². The van der Waals surface area contributed by atoms with Crippen molar-refractivity contribution in [2.24, 2.45) is 0 Å². The Morgan fingerprint density at radius 3 is 2.68 bits per heavy atom. The predicted octanol–water partition coefficient (Wildman–Crippen LogP) is 1.08. The highest BCUT2D eigenvalue weighted by molar-refractivity contribution is 5.97. The summed E-state index contributed by atoms with van der Waals surface area (Å²) >= 11 is 0. The lowest BCUT2D eigenvalue weighted by Gasteiger charge is -2.27. The molecule has 7 heteroatoms. The fraction of sp³-hybridized carbons (Fsp3) is 0.417. The van der Waals surface area contributed by atoms with Crippen molar-refractivity contribution >= 4 is 11.6 Å². The first-order valence-corrected chi connectivity index (χ1v) is 5.83. The molecular formula is C12H14N2O5. The van der Waals surface area contributed by atoms with Crippen molar-refractivity contribution in [3.05, 3.63) is 33.9 Å². The van der Waals surface area contributed by atoms with Gasteiger partial charge in [0.05, 0.1) is 30.8 Å². The van der Waals surface area contributed by atoms with Crippen LogP contribution in [0.1, 0.15) is 10.4 Å². The molecule has 0 aliphatic carbocycles. The van der Waals surface area contributed by atoms with Gasteiger partial charge in [-0.1, -0.05) is 0 Å². The SMILES string of the molecule is COc1ccc([N+](=O)[O-])cc1C(=O)N1CCOCC1. The van der Waals surface area contributed by atoms with Crippen LogP contribution in [0, 0.1) is 10.1 Å². The van der Waals surface area contributed by atoms with Gasteiger partial charge >= 0.3 is 0 Å². The largest absolute Gasteiger partial charge is 0.496 e. The molecule has 2 rings (SSSR count). The molecular weight excluding hydrogens is 252 g/mol. The van der Waals surface area contributed by atoms with E-state index in [-0.39, 0.29) is 17.2 Å². The molecule has 19 heavy (non-hydrogen) atoms. The van der Waals surface area contributed by atoms with Gasteiger partial charge in [0.1, 0.15) is 5.75 Å². The van der Waals surface area contributed by atoms with Crippen molar-refractivity contribution < 1.29 is 19.2 Å². The van der Waals surface area contributed by atoms with E-state index in [9.17, 15) is 14.9 Å². The summed E-state index contributed by atoms with van der Waals surface area (Å²) in [6.45, 7) is 1.90. The highest BCUT2D eigenvalue weighted by atomic mass is 16.6. The minimum atomic E-state index is -0.532. The number of benzene rings is 1. The second kappa shape index (κ2) is 5.66. The molecule has 0 atom stereocenters. The minimum absolute atomic E-state index is 0.127. The summed E-state index contributed by atoms with van der Waals surface area (Å²) in [7, 11) is 1.43. The number of methoxy groups -OCH3 is 1. The zero-order valence-corrected chi connectivity index (χ0v) is 10.5. The smallest absolute Gasteiger partial charge is 0.270 e. The van der Waals surface area contributed by atoms with Crippen LogP contribution in [0.2, 0.25) is 0 Å². The molecule has 0 N–H and O–H groups in total.